The largest absolute Gasteiger partial charge is 0.268 e. The molecule has 2 nitrogen and oxygen atoms in total. The van der Waals surface area contributed by atoms with E-state index in [1.807, 2.05) is 31.8 Å². The molecule has 0 atom stereocenters. The second-order valence-electron chi connectivity index (χ2n) is 3.01. The number of aryl methyl sites for hydroxylation is 2. The van der Waals surface area contributed by atoms with Crippen LogP contribution < -0.4 is 0 Å². The zero-order chi connectivity index (χ0) is 10.6. The first-order valence-corrected chi connectivity index (χ1v) is 5.22. The maximum atomic E-state index is 4.19. The molecular formula is C12H18N2. The van der Waals surface area contributed by atoms with Crippen LogP contribution in [0.1, 0.15) is 26.3 Å². The molecule has 0 saturated heterocycles. The van der Waals surface area contributed by atoms with E-state index < -0.39 is 0 Å². The minimum absolute atomic E-state index is 1.09. The Morgan fingerprint density at radius 3 is 2.64 bits per heavy atom. The highest BCUT2D eigenvalue weighted by Gasteiger charge is 1.98. The predicted octanol–water partition coefficient (Wildman–Crippen LogP) is 3.16. The van der Waals surface area contributed by atoms with Crippen molar-refractivity contribution in [3.63, 3.8) is 0 Å². The van der Waals surface area contributed by atoms with Gasteiger partial charge in [0.05, 0.1) is 11.7 Å². The molecule has 0 radical (unpaired) electrons. The summed E-state index contributed by atoms with van der Waals surface area (Å²) < 4.78 is 1.90. The quantitative estimate of drug-likeness (QED) is 0.675. The first-order chi connectivity index (χ1) is 6.81. The number of benzene rings is 1. The molecule has 0 aliphatic carbocycles. The molecule has 1 aromatic carbocycles. The molecule has 2 aromatic rings. The molecule has 2 heteroatoms. The summed E-state index contributed by atoms with van der Waals surface area (Å²) in [5, 5.41) is 5.42. The van der Waals surface area contributed by atoms with Gasteiger partial charge in [0.1, 0.15) is 0 Å². The van der Waals surface area contributed by atoms with Crippen LogP contribution in [0.25, 0.3) is 10.9 Å². The summed E-state index contributed by atoms with van der Waals surface area (Å²) in [4.78, 5) is 0. The zero-order valence-electron chi connectivity index (χ0n) is 9.41. The van der Waals surface area contributed by atoms with Gasteiger partial charge in [-0.3, -0.25) is 4.68 Å². The maximum Gasteiger partial charge on any atom is 0.0679 e. The molecule has 0 spiro atoms. The van der Waals surface area contributed by atoms with Crippen molar-refractivity contribution in [2.24, 2.45) is 7.05 Å². The van der Waals surface area contributed by atoms with Crippen molar-refractivity contribution in [1.29, 1.82) is 0 Å². The molecule has 0 amide bonds. The minimum atomic E-state index is 1.09. The molecule has 14 heavy (non-hydrogen) atoms. The topological polar surface area (TPSA) is 17.8 Å². The van der Waals surface area contributed by atoms with Gasteiger partial charge in [0, 0.05) is 12.4 Å². The molecule has 2 rings (SSSR count). The van der Waals surface area contributed by atoms with E-state index in [2.05, 4.69) is 30.2 Å². The SMILES string of the molecule is CC.CCc1ccc2c(cnn2C)c1. The second kappa shape index (κ2) is 4.80. The Morgan fingerprint density at radius 1 is 1.29 bits per heavy atom. The smallest absolute Gasteiger partial charge is 0.0679 e. The van der Waals surface area contributed by atoms with Gasteiger partial charge in [0.2, 0.25) is 0 Å². The van der Waals surface area contributed by atoms with Crippen LogP contribution in [0.4, 0.5) is 0 Å². The molecule has 1 aromatic heterocycles. The summed E-state index contributed by atoms with van der Waals surface area (Å²) in [6.45, 7) is 6.16. The van der Waals surface area contributed by atoms with Crippen LogP contribution in [-0.2, 0) is 13.5 Å². The van der Waals surface area contributed by atoms with Gasteiger partial charge in [-0.15, -0.1) is 0 Å². The van der Waals surface area contributed by atoms with Crippen LogP contribution in [0, 0.1) is 0 Å². The van der Waals surface area contributed by atoms with Gasteiger partial charge in [0.25, 0.3) is 0 Å². The Balaban J connectivity index is 0.000000461. The first kappa shape index (κ1) is 10.8. The summed E-state index contributed by atoms with van der Waals surface area (Å²) in [6.07, 6.45) is 3.00. The fourth-order valence-corrected chi connectivity index (χ4v) is 1.43. The highest BCUT2D eigenvalue weighted by Crippen LogP contribution is 2.14. The van der Waals surface area contributed by atoms with E-state index in [0.717, 1.165) is 6.42 Å². The molecule has 0 fully saturated rings. The molecule has 0 aliphatic heterocycles. The van der Waals surface area contributed by atoms with E-state index in [1.165, 1.54) is 16.5 Å². The standard InChI is InChI=1S/C10H12N2.C2H6/c1-3-8-4-5-10-9(6-8)7-11-12(10)2;1-2/h4-7H,3H2,1-2H3;1-2H3. The molecule has 0 aliphatic rings. The average Bonchev–Trinajstić information content (AvgIpc) is 2.63. The van der Waals surface area contributed by atoms with Crippen LogP contribution in [-0.4, -0.2) is 9.78 Å². The lowest BCUT2D eigenvalue weighted by Gasteiger charge is -1.96. The maximum absolute atomic E-state index is 4.19. The Hall–Kier alpha value is -1.31. The van der Waals surface area contributed by atoms with Gasteiger partial charge >= 0.3 is 0 Å². The summed E-state index contributed by atoms with van der Waals surface area (Å²) >= 11 is 0. The van der Waals surface area contributed by atoms with Crippen molar-refractivity contribution >= 4 is 10.9 Å². The number of rotatable bonds is 1. The third kappa shape index (κ3) is 1.95. The lowest BCUT2D eigenvalue weighted by atomic mass is 10.1. The Labute approximate surface area is 85.6 Å². The van der Waals surface area contributed by atoms with E-state index in [0.29, 0.717) is 0 Å². The number of hydrogen-bond acceptors (Lipinski definition) is 1. The van der Waals surface area contributed by atoms with E-state index in [-0.39, 0.29) is 0 Å². The second-order valence-corrected chi connectivity index (χ2v) is 3.01. The molecule has 1 heterocycles. The van der Waals surface area contributed by atoms with Crippen LogP contribution >= 0.6 is 0 Å². The third-order valence-electron chi connectivity index (χ3n) is 2.22. The van der Waals surface area contributed by atoms with Crippen LogP contribution in [0.2, 0.25) is 0 Å². The fraction of sp³-hybridized carbons (Fsp3) is 0.417. The third-order valence-corrected chi connectivity index (χ3v) is 2.22. The number of nitrogens with zero attached hydrogens (tertiary/aromatic N) is 2. The van der Waals surface area contributed by atoms with E-state index in [4.69, 9.17) is 0 Å². The Kier molecular flexibility index (Phi) is 3.69. The predicted molar refractivity (Wildman–Crippen MR) is 61.4 cm³/mol. The van der Waals surface area contributed by atoms with Crippen molar-refractivity contribution in [2.75, 3.05) is 0 Å². The Morgan fingerprint density at radius 2 is 2.00 bits per heavy atom. The highest BCUT2D eigenvalue weighted by atomic mass is 15.2. The van der Waals surface area contributed by atoms with Crippen molar-refractivity contribution in [1.82, 2.24) is 9.78 Å². The Bertz CT molecular complexity index is 402. The molecular weight excluding hydrogens is 172 g/mol. The summed E-state index contributed by atoms with van der Waals surface area (Å²) in [7, 11) is 1.97. The molecule has 0 saturated carbocycles. The lowest BCUT2D eigenvalue weighted by Crippen LogP contribution is -1.88. The first-order valence-electron chi connectivity index (χ1n) is 5.22. The monoisotopic (exact) mass is 190 g/mol. The summed E-state index contributed by atoms with van der Waals surface area (Å²) in [5.74, 6) is 0. The zero-order valence-corrected chi connectivity index (χ0v) is 9.41. The summed E-state index contributed by atoms with van der Waals surface area (Å²) in [5.41, 5.74) is 2.57. The van der Waals surface area contributed by atoms with Crippen LogP contribution in [0.5, 0.6) is 0 Å². The van der Waals surface area contributed by atoms with Crippen molar-refractivity contribution in [3.05, 3.63) is 30.0 Å². The number of fused-ring (bicyclic) bond motifs is 1. The van der Waals surface area contributed by atoms with E-state index in [9.17, 15) is 0 Å². The molecule has 76 valence electrons. The van der Waals surface area contributed by atoms with Crippen LogP contribution in [0.15, 0.2) is 24.4 Å². The fourth-order valence-electron chi connectivity index (χ4n) is 1.43. The van der Waals surface area contributed by atoms with Gasteiger partial charge in [-0.05, 0) is 24.1 Å². The van der Waals surface area contributed by atoms with Crippen molar-refractivity contribution in [2.45, 2.75) is 27.2 Å². The molecule has 0 N–H and O–H groups in total. The highest BCUT2D eigenvalue weighted by molar-refractivity contribution is 5.79. The van der Waals surface area contributed by atoms with Gasteiger partial charge in [-0.25, -0.2) is 0 Å². The minimum Gasteiger partial charge on any atom is -0.268 e. The van der Waals surface area contributed by atoms with Gasteiger partial charge in [-0.2, -0.15) is 5.10 Å². The van der Waals surface area contributed by atoms with E-state index >= 15 is 0 Å². The summed E-state index contributed by atoms with van der Waals surface area (Å²) in [6, 6.07) is 6.48. The van der Waals surface area contributed by atoms with Crippen molar-refractivity contribution < 1.29 is 0 Å². The van der Waals surface area contributed by atoms with Crippen molar-refractivity contribution in [3.8, 4) is 0 Å². The number of hydrogen-bond donors (Lipinski definition) is 0. The van der Waals surface area contributed by atoms with Crippen LogP contribution in [0.3, 0.4) is 0 Å². The van der Waals surface area contributed by atoms with Gasteiger partial charge in [-0.1, -0.05) is 26.8 Å². The lowest BCUT2D eigenvalue weighted by molar-refractivity contribution is 0.797. The molecule has 0 unspecified atom stereocenters. The number of aromatic nitrogens is 2. The normalized spacial score (nSPS) is 9.71. The van der Waals surface area contributed by atoms with Gasteiger partial charge < -0.3 is 0 Å². The molecule has 0 bridgehead atoms. The van der Waals surface area contributed by atoms with E-state index in [1.54, 1.807) is 0 Å². The average molecular weight is 190 g/mol. The van der Waals surface area contributed by atoms with Gasteiger partial charge in [0.15, 0.2) is 0 Å².